The van der Waals surface area contributed by atoms with Crippen molar-refractivity contribution < 1.29 is 4.74 Å². The molecule has 2 N–H and O–H groups in total. The third-order valence-corrected chi connectivity index (χ3v) is 4.09. The summed E-state index contributed by atoms with van der Waals surface area (Å²) < 4.78 is 5.81. The number of hydrogen-bond donors (Lipinski definition) is 2. The second-order valence-corrected chi connectivity index (χ2v) is 6.61. The molecule has 0 bridgehead atoms. The van der Waals surface area contributed by atoms with E-state index in [0.717, 1.165) is 52.4 Å². The van der Waals surface area contributed by atoms with Gasteiger partial charge in [0.1, 0.15) is 29.8 Å². The maximum absolute atomic E-state index is 5.90. The topological polar surface area (TPSA) is 59.1 Å². The van der Waals surface area contributed by atoms with Gasteiger partial charge in [-0.15, -0.1) is 0 Å². The van der Waals surface area contributed by atoms with E-state index in [9.17, 15) is 0 Å². The van der Waals surface area contributed by atoms with Crippen LogP contribution in [0.1, 0.15) is 24.7 Å². The van der Waals surface area contributed by atoms with E-state index >= 15 is 0 Å². The van der Waals surface area contributed by atoms with E-state index in [1.807, 2.05) is 61.5 Å². The van der Waals surface area contributed by atoms with Crippen LogP contribution in [0.5, 0.6) is 5.75 Å². The molecule has 2 aromatic carbocycles. The molecule has 27 heavy (non-hydrogen) atoms. The molecule has 0 unspecified atom stereocenters. The standard InChI is InChI=1S/C21H23ClN4O/c1-3-12-23-20-13-21(25-15(2)24-20)26-18-8-10-19(11-9-18)27-14-16-4-6-17(22)7-5-16/h4-11,13H,3,12,14H2,1-2H3,(H2,23,24,25,26). The largest absolute Gasteiger partial charge is 0.489 e. The molecule has 1 aromatic heterocycles. The number of nitrogens with one attached hydrogen (secondary N) is 2. The highest BCUT2D eigenvalue weighted by Gasteiger charge is 2.03. The van der Waals surface area contributed by atoms with Crippen molar-refractivity contribution in [1.29, 1.82) is 0 Å². The summed E-state index contributed by atoms with van der Waals surface area (Å²) in [5.74, 6) is 3.12. The normalized spacial score (nSPS) is 10.5. The summed E-state index contributed by atoms with van der Waals surface area (Å²) >= 11 is 5.90. The summed E-state index contributed by atoms with van der Waals surface area (Å²) in [5, 5.41) is 7.32. The first kappa shape index (κ1) is 19.0. The second-order valence-electron chi connectivity index (χ2n) is 6.18. The number of aryl methyl sites for hydroxylation is 1. The first-order valence-electron chi connectivity index (χ1n) is 8.96. The zero-order valence-corrected chi connectivity index (χ0v) is 16.3. The van der Waals surface area contributed by atoms with Crippen LogP contribution in [0, 0.1) is 6.92 Å². The number of benzene rings is 2. The van der Waals surface area contributed by atoms with Gasteiger partial charge in [0.15, 0.2) is 0 Å². The van der Waals surface area contributed by atoms with Crippen LogP contribution in [-0.2, 0) is 6.61 Å². The van der Waals surface area contributed by atoms with E-state index in [1.54, 1.807) is 0 Å². The van der Waals surface area contributed by atoms with Crippen molar-refractivity contribution in [1.82, 2.24) is 9.97 Å². The van der Waals surface area contributed by atoms with Gasteiger partial charge < -0.3 is 15.4 Å². The number of halogens is 1. The van der Waals surface area contributed by atoms with Gasteiger partial charge >= 0.3 is 0 Å². The smallest absolute Gasteiger partial charge is 0.136 e. The first-order chi connectivity index (χ1) is 13.1. The minimum absolute atomic E-state index is 0.501. The molecule has 6 heteroatoms. The van der Waals surface area contributed by atoms with Crippen molar-refractivity contribution in [3.05, 3.63) is 71.0 Å². The van der Waals surface area contributed by atoms with Gasteiger partial charge in [-0.25, -0.2) is 9.97 Å². The molecule has 0 fully saturated rings. The van der Waals surface area contributed by atoms with E-state index in [0.29, 0.717) is 6.61 Å². The van der Waals surface area contributed by atoms with Crippen molar-refractivity contribution in [3.8, 4) is 5.75 Å². The Bertz CT molecular complexity index is 866. The summed E-state index contributed by atoms with van der Waals surface area (Å²) in [5.41, 5.74) is 2.01. The number of rotatable bonds is 8. The van der Waals surface area contributed by atoms with Gasteiger partial charge in [-0.2, -0.15) is 0 Å². The highest BCUT2D eigenvalue weighted by molar-refractivity contribution is 6.30. The molecule has 0 atom stereocenters. The highest BCUT2D eigenvalue weighted by atomic mass is 35.5. The summed E-state index contributed by atoms with van der Waals surface area (Å²) in [6, 6.07) is 17.3. The Morgan fingerprint density at radius 3 is 2.37 bits per heavy atom. The van der Waals surface area contributed by atoms with Gasteiger partial charge in [-0.1, -0.05) is 30.7 Å². The van der Waals surface area contributed by atoms with Crippen molar-refractivity contribution in [3.63, 3.8) is 0 Å². The number of anilines is 3. The molecule has 0 saturated carbocycles. The summed E-state index contributed by atoms with van der Waals surface area (Å²) in [6.07, 6.45) is 1.04. The SMILES string of the molecule is CCCNc1cc(Nc2ccc(OCc3ccc(Cl)cc3)cc2)nc(C)n1. The average molecular weight is 383 g/mol. The number of aromatic nitrogens is 2. The molecule has 1 heterocycles. The number of nitrogens with zero attached hydrogens (tertiary/aromatic N) is 2. The Morgan fingerprint density at radius 1 is 0.963 bits per heavy atom. The van der Waals surface area contributed by atoms with E-state index in [-0.39, 0.29) is 0 Å². The minimum atomic E-state index is 0.501. The Morgan fingerprint density at radius 2 is 1.67 bits per heavy atom. The van der Waals surface area contributed by atoms with Gasteiger partial charge in [0.05, 0.1) is 0 Å². The van der Waals surface area contributed by atoms with Crippen molar-refractivity contribution in [2.45, 2.75) is 26.9 Å². The van der Waals surface area contributed by atoms with Crippen LogP contribution in [-0.4, -0.2) is 16.5 Å². The lowest BCUT2D eigenvalue weighted by Gasteiger charge is -2.11. The van der Waals surface area contributed by atoms with Crippen LogP contribution >= 0.6 is 11.6 Å². The molecular weight excluding hydrogens is 360 g/mol. The van der Waals surface area contributed by atoms with Gasteiger partial charge in [-0.05, 0) is 55.3 Å². The van der Waals surface area contributed by atoms with E-state index in [4.69, 9.17) is 16.3 Å². The molecule has 0 aliphatic heterocycles. The fourth-order valence-electron chi connectivity index (χ4n) is 2.51. The van der Waals surface area contributed by atoms with E-state index < -0.39 is 0 Å². The highest BCUT2D eigenvalue weighted by Crippen LogP contribution is 2.21. The predicted octanol–water partition coefficient (Wildman–Crippen LogP) is 5.58. The van der Waals surface area contributed by atoms with E-state index in [1.165, 1.54) is 0 Å². The first-order valence-corrected chi connectivity index (χ1v) is 9.34. The predicted molar refractivity (Wildman–Crippen MR) is 111 cm³/mol. The van der Waals surface area contributed by atoms with Crippen LogP contribution in [0.15, 0.2) is 54.6 Å². The second kappa shape index (κ2) is 9.24. The quantitative estimate of drug-likeness (QED) is 0.532. The van der Waals surface area contributed by atoms with Crippen LogP contribution in [0.2, 0.25) is 5.02 Å². The number of ether oxygens (including phenoxy) is 1. The van der Waals surface area contributed by atoms with Crippen LogP contribution < -0.4 is 15.4 Å². The van der Waals surface area contributed by atoms with Crippen molar-refractivity contribution in [2.24, 2.45) is 0 Å². The third kappa shape index (κ3) is 5.86. The molecular formula is C21H23ClN4O. The molecule has 0 spiro atoms. The Labute approximate surface area is 164 Å². The van der Waals surface area contributed by atoms with Crippen LogP contribution in [0.3, 0.4) is 0 Å². The molecule has 0 radical (unpaired) electrons. The average Bonchev–Trinajstić information content (AvgIpc) is 2.67. The maximum Gasteiger partial charge on any atom is 0.136 e. The molecule has 3 rings (SSSR count). The Balaban J connectivity index is 1.60. The summed E-state index contributed by atoms with van der Waals surface area (Å²) in [6.45, 7) is 5.39. The molecule has 3 aromatic rings. The van der Waals surface area contributed by atoms with Gasteiger partial charge in [0.2, 0.25) is 0 Å². The molecule has 5 nitrogen and oxygen atoms in total. The van der Waals surface area contributed by atoms with Crippen molar-refractivity contribution in [2.75, 3.05) is 17.2 Å². The van der Waals surface area contributed by atoms with Crippen LogP contribution in [0.25, 0.3) is 0 Å². The Kier molecular flexibility index (Phi) is 6.49. The summed E-state index contributed by atoms with van der Waals surface area (Å²) in [4.78, 5) is 8.83. The fraction of sp³-hybridized carbons (Fsp3) is 0.238. The molecule has 0 aliphatic carbocycles. The molecule has 0 amide bonds. The zero-order chi connectivity index (χ0) is 19.1. The molecule has 140 valence electrons. The third-order valence-electron chi connectivity index (χ3n) is 3.84. The van der Waals surface area contributed by atoms with Gasteiger partial charge in [0, 0.05) is 23.3 Å². The minimum Gasteiger partial charge on any atom is -0.489 e. The van der Waals surface area contributed by atoms with Gasteiger partial charge in [-0.3, -0.25) is 0 Å². The maximum atomic E-state index is 5.90. The summed E-state index contributed by atoms with van der Waals surface area (Å²) in [7, 11) is 0. The fourth-order valence-corrected chi connectivity index (χ4v) is 2.63. The lowest BCUT2D eigenvalue weighted by atomic mass is 10.2. The Hall–Kier alpha value is -2.79. The van der Waals surface area contributed by atoms with Crippen LogP contribution in [0.4, 0.5) is 17.3 Å². The monoisotopic (exact) mass is 382 g/mol. The van der Waals surface area contributed by atoms with E-state index in [2.05, 4.69) is 27.5 Å². The lowest BCUT2D eigenvalue weighted by molar-refractivity contribution is 0.306. The lowest BCUT2D eigenvalue weighted by Crippen LogP contribution is -2.05. The zero-order valence-electron chi connectivity index (χ0n) is 15.5. The molecule has 0 saturated heterocycles. The molecule has 0 aliphatic rings. The van der Waals surface area contributed by atoms with Crippen molar-refractivity contribution >= 4 is 28.9 Å². The van der Waals surface area contributed by atoms with Gasteiger partial charge in [0.25, 0.3) is 0 Å². The number of hydrogen-bond acceptors (Lipinski definition) is 5.